The highest BCUT2D eigenvalue weighted by molar-refractivity contribution is 5.76. The van der Waals surface area contributed by atoms with Crippen molar-refractivity contribution >= 4 is 5.91 Å². The van der Waals surface area contributed by atoms with Crippen molar-refractivity contribution in [1.29, 1.82) is 0 Å². The number of rotatable bonds is 3. The van der Waals surface area contributed by atoms with Gasteiger partial charge in [-0.05, 0) is 25.7 Å². The van der Waals surface area contributed by atoms with E-state index < -0.39 is 0 Å². The van der Waals surface area contributed by atoms with Crippen LogP contribution in [0, 0.1) is 5.92 Å². The molecule has 0 radical (unpaired) electrons. The fourth-order valence-corrected chi connectivity index (χ4v) is 1.71. The van der Waals surface area contributed by atoms with Crippen LogP contribution in [0.2, 0.25) is 0 Å². The molecule has 3 heteroatoms. The molecule has 1 saturated heterocycles. The summed E-state index contributed by atoms with van der Waals surface area (Å²) in [6, 6.07) is 0. The Morgan fingerprint density at radius 3 is 2.64 bits per heavy atom. The summed E-state index contributed by atoms with van der Waals surface area (Å²) in [5, 5.41) is 8.74. The molecule has 0 aliphatic carbocycles. The third kappa shape index (κ3) is 4.09. The molecule has 0 aromatic carbocycles. The van der Waals surface area contributed by atoms with Gasteiger partial charge >= 0.3 is 0 Å². The predicted molar refractivity (Wildman–Crippen MR) is 58.0 cm³/mol. The zero-order chi connectivity index (χ0) is 11.0. The summed E-state index contributed by atoms with van der Waals surface area (Å²) in [6.07, 6.45) is 2.46. The zero-order valence-electron chi connectivity index (χ0n) is 9.62. The molecule has 0 aromatic rings. The molecule has 1 unspecified atom stereocenters. The second-order valence-corrected chi connectivity index (χ2v) is 3.35. The predicted octanol–water partition coefficient (Wildman–Crippen LogP) is 1.65. The smallest absolute Gasteiger partial charge is 0.222 e. The second kappa shape index (κ2) is 7.80. The van der Waals surface area contributed by atoms with Crippen LogP contribution in [0.25, 0.3) is 0 Å². The molecule has 1 heterocycles. The molecule has 1 aliphatic heterocycles. The van der Waals surface area contributed by atoms with Crippen LogP contribution in [0.1, 0.15) is 40.0 Å². The molecule has 3 nitrogen and oxygen atoms in total. The third-order valence-electron chi connectivity index (χ3n) is 2.52. The Labute approximate surface area is 87.1 Å². The standard InChI is InChI=1S/C9H17NO2.C2H6/c1-2-10-7-8(5-6-11)3-4-9(10)12;1-2/h8,11H,2-7H2,1H3;1-2H3. The van der Waals surface area contributed by atoms with Crippen LogP contribution in [-0.4, -0.2) is 35.6 Å². The van der Waals surface area contributed by atoms with Gasteiger partial charge in [-0.2, -0.15) is 0 Å². The van der Waals surface area contributed by atoms with Gasteiger partial charge < -0.3 is 10.0 Å². The first-order valence-electron chi connectivity index (χ1n) is 5.66. The minimum absolute atomic E-state index is 0.246. The number of carbonyl (C=O) groups excluding carboxylic acids is 1. The maximum absolute atomic E-state index is 11.2. The fourth-order valence-electron chi connectivity index (χ4n) is 1.71. The zero-order valence-corrected chi connectivity index (χ0v) is 9.62. The lowest BCUT2D eigenvalue weighted by molar-refractivity contribution is -0.134. The van der Waals surface area contributed by atoms with E-state index in [0.29, 0.717) is 12.3 Å². The van der Waals surface area contributed by atoms with Crippen LogP contribution in [-0.2, 0) is 4.79 Å². The van der Waals surface area contributed by atoms with Gasteiger partial charge in [0.25, 0.3) is 0 Å². The number of hydrogen-bond donors (Lipinski definition) is 1. The van der Waals surface area contributed by atoms with Crippen molar-refractivity contribution in [3.8, 4) is 0 Å². The van der Waals surface area contributed by atoms with E-state index in [1.807, 2.05) is 25.7 Å². The molecule has 1 rings (SSSR count). The fraction of sp³-hybridized carbons (Fsp3) is 0.909. The number of carbonyl (C=O) groups is 1. The van der Waals surface area contributed by atoms with Gasteiger partial charge in [0.2, 0.25) is 5.91 Å². The first kappa shape index (κ1) is 13.4. The van der Waals surface area contributed by atoms with E-state index in [0.717, 1.165) is 25.9 Å². The summed E-state index contributed by atoms with van der Waals surface area (Å²) in [6.45, 7) is 7.90. The molecule has 1 amide bonds. The van der Waals surface area contributed by atoms with E-state index in [2.05, 4.69) is 0 Å². The van der Waals surface area contributed by atoms with Crippen LogP contribution in [0.15, 0.2) is 0 Å². The molecule has 0 spiro atoms. The van der Waals surface area contributed by atoms with Crippen LogP contribution in [0.3, 0.4) is 0 Å². The Hall–Kier alpha value is -0.570. The molecule has 1 atom stereocenters. The lowest BCUT2D eigenvalue weighted by Crippen LogP contribution is -2.39. The Bertz CT molecular complexity index is 159. The van der Waals surface area contributed by atoms with Crippen molar-refractivity contribution in [2.24, 2.45) is 5.92 Å². The Morgan fingerprint density at radius 2 is 2.14 bits per heavy atom. The summed E-state index contributed by atoms with van der Waals surface area (Å²) in [5.41, 5.74) is 0. The molecule has 0 aromatic heterocycles. The molecular formula is C11H23NO2. The van der Waals surface area contributed by atoms with Gasteiger partial charge in [-0.15, -0.1) is 0 Å². The Morgan fingerprint density at radius 1 is 1.50 bits per heavy atom. The first-order chi connectivity index (χ1) is 6.77. The van der Waals surface area contributed by atoms with Crippen molar-refractivity contribution in [3.63, 3.8) is 0 Å². The average Bonchev–Trinajstić information content (AvgIpc) is 2.24. The van der Waals surface area contributed by atoms with Gasteiger partial charge in [-0.1, -0.05) is 13.8 Å². The SMILES string of the molecule is CC.CCN1CC(CCO)CCC1=O. The molecular weight excluding hydrogens is 178 g/mol. The maximum atomic E-state index is 11.2. The second-order valence-electron chi connectivity index (χ2n) is 3.35. The minimum Gasteiger partial charge on any atom is -0.396 e. The van der Waals surface area contributed by atoms with Gasteiger partial charge in [0.1, 0.15) is 0 Å². The number of aliphatic hydroxyl groups excluding tert-OH is 1. The van der Waals surface area contributed by atoms with E-state index in [1.54, 1.807) is 0 Å². The Kier molecular flexibility index (Phi) is 7.48. The van der Waals surface area contributed by atoms with Crippen LogP contribution in [0.4, 0.5) is 0 Å². The van der Waals surface area contributed by atoms with Crippen LogP contribution < -0.4 is 0 Å². The number of nitrogens with zero attached hydrogens (tertiary/aromatic N) is 1. The third-order valence-corrected chi connectivity index (χ3v) is 2.52. The summed E-state index contributed by atoms with van der Waals surface area (Å²) in [7, 11) is 0. The van der Waals surface area contributed by atoms with Gasteiger partial charge in [0, 0.05) is 26.1 Å². The van der Waals surface area contributed by atoms with Crippen molar-refractivity contribution in [3.05, 3.63) is 0 Å². The number of piperidine rings is 1. The summed E-state index contributed by atoms with van der Waals surface area (Å²) < 4.78 is 0. The van der Waals surface area contributed by atoms with Gasteiger partial charge in [-0.3, -0.25) is 4.79 Å². The van der Waals surface area contributed by atoms with E-state index in [1.165, 1.54) is 0 Å². The summed E-state index contributed by atoms with van der Waals surface area (Å²) in [5.74, 6) is 0.791. The topological polar surface area (TPSA) is 40.5 Å². The highest BCUT2D eigenvalue weighted by atomic mass is 16.3. The molecule has 1 aliphatic rings. The molecule has 1 fully saturated rings. The van der Waals surface area contributed by atoms with Gasteiger partial charge in [0.15, 0.2) is 0 Å². The summed E-state index contributed by atoms with van der Waals surface area (Å²) in [4.78, 5) is 13.1. The molecule has 0 saturated carbocycles. The largest absolute Gasteiger partial charge is 0.396 e. The lowest BCUT2D eigenvalue weighted by atomic mass is 9.95. The molecule has 84 valence electrons. The highest BCUT2D eigenvalue weighted by Crippen LogP contribution is 2.19. The molecule has 14 heavy (non-hydrogen) atoms. The minimum atomic E-state index is 0.246. The number of hydrogen-bond acceptors (Lipinski definition) is 2. The molecule has 1 N–H and O–H groups in total. The maximum Gasteiger partial charge on any atom is 0.222 e. The highest BCUT2D eigenvalue weighted by Gasteiger charge is 2.23. The van der Waals surface area contributed by atoms with E-state index in [4.69, 9.17) is 5.11 Å². The first-order valence-corrected chi connectivity index (χ1v) is 5.66. The van der Waals surface area contributed by atoms with Gasteiger partial charge in [-0.25, -0.2) is 0 Å². The van der Waals surface area contributed by atoms with E-state index >= 15 is 0 Å². The lowest BCUT2D eigenvalue weighted by Gasteiger charge is -2.31. The monoisotopic (exact) mass is 201 g/mol. The van der Waals surface area contributed by atoms with Gasteiger partial charge in [0.05, 0.1) is 0 Å². The van der Waals surface area contributed by atoms with E-state index in [-0.39, 0.29) is 12.5 Å². The summed E-state index contributed by atoms with van der Waals surface area (Å²) >= 11 is 0. The average molecular weight is 201 g/mol. The number of aliphatic hydroxyl groups is 1. The van der Waals surface area contributed by atoms with Crippen LogP contribution in [0.5, 0.6) is 0 Å². The van der Waals surface area contributed by atoms with Crippen molar-refractivity contribution in [2.75, 3.05) is 19.7 Å². The Balaban J connectivity index is 0.000000791. The number of likely N-dealkylation sites (tertiary alicyclic amines) is 1. The quantitative estimate of drug-likeness (QED) is 0.754. The number of amides is 1. The molecule has 0 bridgehead atoms. The van der Waals surface area contributed by atoms with Crippen molar-refractivity contribution < 1.29 is 9.90 Å². The van der Waals surface area contributed by atoms with E-state index in [9.17, 15) is 4.79 Å². The normalized spacial score (nSPS) is 21.6. The van der Waals surface area contributed by atoms with Crippen molar-refractivity contribution in [2.45, 2.75) is 40.0 Å². The van der Waals surface area contributed by atoms with Crippen molar-refractivity contribution in [1.82, 2.24) is 4.90 Å². The van der Waals surface area contributed by atoms with Crippen LogP contribution >= 0.6 is 0 Å².